The van der Waals surface area contributed by atoms with Gasteiger partial charge in [0.1, 0.15) is 5.76 Å². The molecule has 3 heteroatoms. The van der Waals surface area contributed by atoms with Crippen molar-refractivity contribution in [3.05, 3.63) is 18.1 Å². The lowest BCUT2D eigenvalue weighted by Crippen LogP contribution is -2.22. The standard InChI is InChI=1S/C11H15NOS/c1-4-6-12-8-9(2)14-11-5-7-13-10(11)3/h1,5,7,9,12H,6,8H2,2-3H3. The second kappa shape index (κ2) is 5.79. The average Bonchev–Trinajstić information content (AvgIpc) is 2.52. The van der Waals surface area contributed by atoms with Crippen LogP contribution in [0.5, 0.6) is 0 Å². The molecular weight excluding hydrogens is 194 g/mol. The molecule has 0 spiro atoms. The van der Waals surface area contributed by atoms with E-state index in [1.165, 1.54) is 4.90 Å². The zero-order valence-corrected chi connectivity index (χ0v) is 9.36. The molecular formula is C11H15NOS. The summed E-state index contributed by atoms with van der Waals surface area (Å²) in [6, 6.07) is 2.00. The van der Waals surface area contributed by atoms with E-state index in [9.17, 15) is 0 Å². The predicted octanol–water partition coefficient (Wildman–Crippen LogP) is 2.29. The van der Waals surface area contributed by atoms with Crippen molar-refractivity contribution < 1.29 is 4.42 Å². The van der Waals surface area contributed by atoms with Crippen molar-refractivity contribution in [3.63, 3.8) is 0 Å². The van der Waals surface area contributed by atoms with E-state index in [1.807, 2.05) is 13.0 Å². The fraction of sp³-hybridized carbons (Fsp3) is 0.455. The third kappa shape index (κ3) is 3.49. The molecule has 0 aromatic carbocycles. The minimum Gasteiger partial charge on any atom is -0.468 e. The second-order valence-corrected chi connectivity index (χ2v) is 4.58. The summed E-state index contributed by atoms with van der Waals surface area (Å²) >= 11 is 1.80. The molecule has 0 saturated heterocycles. The zero-order chi connectivity index (χ0) is 10.4. The molecule has 1 aromatic rings. The number of nitrogens with one attached hydrogen (secondary N) is 1. The van der Waals surface area contributed by atoms with Crippen LogP contribution < -0.4 is 5.32 Å². The van der Waals surface area contributed by atoms with Crippen molar-refractivity contribution in [1.29, 1.82) is 0 Å². The van der Waals surface area contributed by atoms with Crippen molar-refractivity contribution in [3.8, 4) is 12.3 Å². The molecule has 0 aliphatic heterocycles. The summed E-state index contributed by atoms with van der Waals surface area (Å²) in [4.78, 5) is 1.21. The first-order chi connectivity index (χ1) is 6.74. The molecule has 1 aromatic heterocycles. The highest BCUT2D eigenvalue weighted by Gasteiger charge is 2.07. The van der Waals surface area contributed by atoms with E-state index in [0.29, 0.717) is 11.8 Å². The number of hydrogen-bond acceptors (Lipinski definition) is 3. The van der Waals surface area contributed by atoms with Crippen LogP contribution in [0.3, 0.4) is 0 Å². The van der Waals surface area contributed by atoms with E-state index in [-0.39, 0.29) is 0 Å². The number of terminal acetylenes is 1. The average molecular weight is 209 g/mol. The van der Waals surface area contributed by atoms with Crippen molar-refractivity contribution in [1.82, 2.24) is 5.32 Å². The molecule has 1 atom stereocenters. The van der Waals surface area contributed by atoms with Gasteiger partial charge in [-0.1, -0.05) is 12.8 Å². The van der Waals surface area contributed by atoms with Gasteiger partial charge in [-0.05, 0) is 13.0 Å². The molecule has 1 rings (SSSR count). The molecule has 0 radical (unpaired) electrons. The summed E-state index contributed by atoms with van der Waals surface area (Å²) in [5, 5.41) is 3.68. The van der Waals surface area contributed by atoms with E-state index < -0.39 is 0 Å². The lowest BCUT2D eigenvalue weighted by Gasteiger charge is -2.09. The first kappa shape index (κ1) is 11.2. The topological polar surface area (TPSA) is 25.2 Å². The molecule has 14 heavy (non-hydrogen) atoms. The fourth-order valence-electron chi connectivity index (χ4n) is 1.10. The van der Waals surface area contributed by atoms with Crippen molar-refractivity contribution in [2.45, 2.75) is 24.0 Å². The third-order valence-corrected chi connectivity index (χ3v) is 3.04. The van der Waals surface area contributed by atoms with Gasteiger partial charge in [0.05, 0.1) is 12.8 Å². The van der Waals surface area contributed by atoms with Crippen LogP contribution in [0.4, 0.5) is 0 Å². The van der Waals surface area contributed by atoms with Crippen LogP contribution in [0.25, 0.3) is 0 Å². The van der Waals surface area contributed by atoms with Crippen LogP contribution in [0.2, 0.25) is 0 Å². The molecule has 0 aliphatic carbocycles. The highest BCUT2D eigenvalue weighted by atomic mass is 32.2. The van der Waals surface area contributed by atoms with Gasteiger partial charge in [-0.2, -0.15) is 0 Å². The lowest BCUT2D eigenvalue weighted by atomic mass is 10.4. The van der Waals surface area contributed by atoms with Crippen molar-refractivity contribution >= 4 is 11.8 Å². The Labute approximate surface area is 89.5 Å². The first-order valence-corrected chi connectivity index (χ1v) is 5.47. The summed E-state index contributed by atoms with van der Waals surface area (Å²) in [7, 11) is 0. The maximum Gasteiger partial charge on any atom is 0.114 e. The molecule has 1 N–H and O–H groups in total. The highest BCUT2D eigenvalue weighted by Crippen LogP contribution is 2.26. The molecule has 0 aliphatic rings. The van der Waals surface area contributed by atoms with Crippen LogP contribution >= 0.6 is 11.8 Å². The Kier molecular flexibility index (Phi) is 4.64. The van der Waals surface area contributed by atoms with Gasteiger partial charge in [0.2, 0.25) is 0 Å². The molecule has 76 valence electrons. The smallest absolute Gasteiger partial charge is 0.114 e. The van der Waals surface area contributed by atoms with E-state index in [2.05, 4.69) is 18.2 Å². The van der Waals surface area contributed by atoms with Gasteiger partial charge in [-0.25, -0.2) is 0 Å². The summed E-state index contributed by atoms with van der Waals surface area (Å²) in [6.07, 6.45) is 6.86. The Bertz CT molecular complexity index is 313. The number of hydrogen-bond donors (Lipinski definition) is 1. The van der Waals surface area contributed by atoms with E-state index in [4.69, 9.17) is 10.8 Å². The van der Waals surface area contributed by atoms with Gasteiger partial charge in [0.15, 0.2) is 0 Å². The number of aryl methyl sites for hydroxylation is 1. The second-order valence-electron chi connectivity index (χ2n) is 3.10. The van der Waals surface area contributed by atoms with E-state index >= 15 is 0 Å². The minimum atomic E-state index is 0.500. The first-order valence-electron chi connectivity index (χ1n) is 4.59. The Hall–Kier alpha value is -0.850. The quantitative estimate of drug-likeness (QED) is 0.457. The number of thioether (sulfide) groups is 1. The van der Waals surface area contributed by atoms with E-state index in [1.54, 1.807) is 18.0 Å². The summed E-state index contributed by atoms with van der Waals surface area (Å²) < 4.78 is 5.22. The summed E-state index contributed by atoms with van der Waals surface area (Å²) in [5.41, 5.74) is 0. The van der Waals surface area contributed by atoms with Crippen molar-refractivity contribution in [2.75, 3.05) is 13.1 Å². The Morgan fingerprint density at radius 3 is 3.07 bits per heavy atom. The maximum absolute atomic E-state index is 5.22. The summed E-state index contributed by atoms with van der Waals surface area (Å²) in [5.74, 6) is 3.54. The van der Waals surface area contributed by atoms with Crippen LogP contribution in [-0.4, -0.2) is 18.3 Å². The molecule has 0 saturated carbocycles. The van der Waals surface area contributed by atoms with Crippen LogP contribution in [0.1, 0.15) is 12.7 Å². The van der Waals surface area contributed by atoms with Crippen LogP contribution in [0, 0.1) is 19.3 Å². The summed E-state index contributed by atoms with van der Waals surface area (Å²) in [6.45, 7) is 5.69. The Morgan fingerprint density at radius 1 is 1.71 bits per heavy atom. The number of furan rings is 1. The largest absolute Gasteiger partial charge is 0.468 e. The highest BCUT2D eigenvalue weighted by molar-refractivity contribution is 8.00. The molecule has 2 nitrogen and oxygen atoms in total. The fourth-order valence-corrected chi connectivity index (χ4v) is 2.08. The van der Waals surface area contributed by atoms with Gasteiger partial charge in [0.25, 0.3) is 0 Å². The molecule has 1 heterocycles. The van der Waals surface area contributed by atoms with Crippen LogP contribution in [-0.2, 0) is 0 Å². The Balaban J connectivity index is 2.31. The van der Waals surface area contributed by atoms with Gasteiger partial charge in [0, 0.05) is 16.7 Å². The van der Waals surface area contributed by atoms with Crippen LogP contribution in [0.15, 0.2) is 21.6 Å². The van der Waals surface area contributed by atoms with Gasteiger partial charge in [-0.3, -0.25) is 0 Å². The number of rotatable bonds is 5. The van der Waals surface area contributed by atoms with E-state index in [0.717, 1.165) is 12.3 Å². The molecule has 0 amide bonds. The molecule has 0 bridgehead atoms. The monoisotopic (exact) mass is 209 g/mol. The SMILES string of the molecule is C#CCNCC(C)Sc1ccoc1C. The van der Waals surface area contributed by atoms with Gasteiger partial charge < -0.3 is 9.73 Å². The normalized spacial score (nSPS) is 12.4. The van der Waals surface area contributed by atoms with Crippen molar-refractivity contribution in [2.24, 2.45) is 0 Å². The van der Waals surface area contributed by atoms with Gasteiger partial charge in [-0.15, -0.1) is 18.2 Å². The van der Waals surface area contributed by atoms with Gasteiger partial charge >= 0.3 is 0 Å². The lowest BCUT2D eigenvalue weighted by molar-refractivity contribution is 0.526. The molecule has 0 fully saturated rings. The minimum absolute atomic E-state index is 0.500. The maximum atomic E-state index is 5.22. The third-order valence-electron chi connectivity index (χ3n) is 1.80. The predicted molar refractivity (Wildman–Crippen MR) is 60.5 cm³/mol. The Morgan fingerprint density at radius 2 is 2.50 bits per heavy atom. The molecule has 1 unspecified atom stereocenters. The zero-order valence-electron chi connectivity index (χ0n) is 8.54.